The van der Waals surface area contributed by atoms with E-state index in [1.807, 2.05) is 39.0 Å². The van der Waals surface area contributed by atoms with Crippen LogP contribution in [0.25, 0.3) is 11.4 Å². The molecule has 0 radical (unpaired) electrons. The molecule has 18 heavy (non-hydrogen) atoms. The predicted octanol–water partition coefficient (Wildman–Crippen LogP) is 3.22. The molecule has 0 saturated carbocycles. The molecule has 96 valence electrons. The van der Waals surface area contributed by atoms with Crippen LogP contribution in [-0.4, -0.2) is 22.2 Å². The number of nitrogens with one attached hydrogen (secondary N) is 1. The lowest BCUT2D eigenvalue weighted by molar-refractivity contribution is 0.412. The molecule has 4 nitrogen and oxygen atoms in total. The maximum atomic E-state index is 9.77. The van der Waals surface area contributed by atoms with Crippen LogP contribution in [0.5, 0.6) is 11.6 Å². The van der Waals surface area contributed by atoms with E-state index >= 15 is 0 Å². The smallest absolute Gasteiger partial charge is 0.233 e. The molecule has 0 fully saturated rings. The van der Waals surface area contributed by atoms with Crippen LogP contribution in [0.4, 0.5) is 0 Å². The number of rotatable bonds is 3. The van der Waals surface area contributed by atoms with Gasteiger partial charge in [-0.1, -0.05) is 13.8 Å². The number of nitrogens with zero attached hydrogens (tertiary/aromatic N) is 1. The van der Waals surface area contributed by atoms with Crippen molar-refractivity contribution in [1.29, 1.82) is 0 Å². The van der Waals surface area contributed by atoms with Gasteiger partial charge in [0.1, 0.15) is 11.6 Å². The quantitative estimate of drug-likeness (QED) is 0.874. The fourth-order valence-electron chi connectivity index (χ4n) is 1.94. The third kappa shape index (κ3) is 2.18. The molecule has 0 amide bonds. The molecule has 0 atom stereocenters. The predicted molar refractivity (Wildman–Crippen MR) is 71.1 cm³/mol. The minimum absolute atomic E-state index is 0.0773. The molecule has 2 rings (SSSR count). The summed E-state index contributed by atoms with van der Waals surface area (Å²) in [6.07, 6.45) is 0. The summed E-state index contributed by atoms with van der Waals surface area (Å²) in [5.74, 6) is 1.82. The van der Waals surface area contributed by atoms with Crippen molar-refractivity contribution in [2.45, 2.75) is 26.7 Å². The molecular formula is C14H18N2O2. The number of methoxy groups -OCH3 is 1. The zero-order chi connectivity index (χ0) is 13.3. The fourth-order valence-corrected chi connectivity index (χ4v) is 1.94. The number of hydrogen-bond acceptors (Lipinski definition) is 3. The molecule has 0 aliphatic carbocycles. The highest BCUT2D eigenvalue weighted by atomic mass is 16.5. The van der Waals surface area contributed by atoms with Crippen molar-refractivity contribution < 1.29 is 9.84 Å². The molecule has 0 saturated heterocycles. The standard InChI is InChI=1S/C14H18N2O2/c1-8(2)12-14(17)16-13(15-12)10-5-6-11(18-4)9(3)7-10/h5-8,17H,1-4H3,(H,15,16). The number of aryl methyl sites for hydroxylation is 1. The SMILES string of the molecule is COc1ccc(-c2nc(O)c(C(C)C)[nH]2)cc1C. The Morgan fingerprint density at radius 2 is 2.06 bits per heavy atom. The molecule has 2 N–H and O–H groups in total. The van der Waals surface area contributed by atoms with E-state index in [2.05, 4.69) is 9.97 Å². The maximum Gasteiger partial charge on any atom is 0.233 e. The average Bonchev–Trinajstić information content (AvgIpc) is 2.71. The first-order chi connectivity index (χ1) is 8.52. The van der Waals surface area contributed by atoms with Crippen LogP contribution >= 0.6 is 0 Å². The number of imidazole rings is 1. The summed E-state index contributed by atoms with van der Waals surface area (Å²) in [6.45, 7) is 6.00. The molecule has 1 aromatic carbocycles. The first kappa shape index (κ1) is 12.5. The molecule has 0 aliphatic rings. The largest absolute Gasteiger partial charge is 0.496 e. The molecule has 0 unspecified atom stereocenters. The van der Waals surface area contributed by atoms with Crippen molar-refractivity contribution in [1.82, 2.24) is 9.97 Å². The van der Waals surface area contributed by atoms with Crippen molar-refractivity contribution in [3.8, 4) is 23.0 Å². The number of benzene rings is 1. The molecule has 1 aromatic heterocycles. The molecule has 1 heterocycles. The molecule has 0 aliphatic heterocycles. The Bertz CT molecular complexity index is 559. The Labute approximate surface area is 107 Å². The van der Waals surface area contributed by atoms with Gasteiger partial charge in [0.05, 0.1) is 12.8 Å². The maximum absolute atomic E-state index is 9.77. The number of aromatic nitrogens is 2. The Morgan fingerprint density at radius 3 is 2.56 bits per heavy atom. The van der Waals surface area contributed by atoms with Gasteiger partial charge in [-0.3, -0.25) is 0 Å². The third-order valence-electron chi connectivity index (χ3n) is 2.96. The van der Waals surface area contributed by atoms with Gasteiger partial charge in [0.15, 0.2) is 0 Å². The highest BCUT2D eigenvalue weighted by Gasteiger charge is 2.13. The van der Waals surface area contributed by atoms with E-state index in [4.69, 9.17) is 4.74 Å². The molecule has 0 bridgehead atoms. The van der Waals surface area contributed by atoms with Gasteiger partial charge in [-0.25, -0.2) is 0 Å². The van der Waals surface area contributed by atoms with Crippen LogP contribution < -0.4 is 4.74 Å². The van der Waals surface area contributed by atoms with Crippen molar-refractivity contribution in [3.05, 3.63) is 29.5 Å². The second kappa shape index (κ2) is 4.72. The van der Waals surface area contributed by atoms with Crippen LogP contribution in [0.2, 0.25) is 0 Å². The summed E-state index contributed by atoms with van der Waals surface area (Å²) in [7, 11) is 1.65. The number of H-pyrrole nitrogens is 1. The van der Waals surface area contributed by atoms with Crippen molar-refractivity contribution in [3.63, 3.8) is 0 Å². The van der Waals surface area contributed by atoms with Gasteiger partial charge in [0, 0.05) is 5.56 Å². The van der Waals surface area contributed by atoms with Crippen LogP contribution in [0.15, 0.2) is 18.2 Å². The zero-order valence-electron chi connectivity index (χ0n) is 11.1. The van der Waals surface area contributed by atoms with E-state index in [9.17, 15) is 5.11 Å². The Balaban J connectivity index is 2.43. The van der Waals surface area contributed by atoms with Crippen LogP contribution in [0.1, 0.15) is 31.0 Å². The van der Waals surface area contributed by atoms with Crippen LogP contribution in [-0.2, 0) is 0 Å². The lowest BCUT2D eigenvalue weighted by Gasteiger charge is -2.05. The van der Waals surface area contributed by atoms with Gasteiger partial charge in [-0.2, -0.15) is 4.98 Å². The zero-order valence-corrected chi connectivity index (χ0v) is 11.1. The summed E-state index contributed by atoms with van der Waals surface area (Å²) >= 11 is 0. The molecular weight excluding hydrogens is 228 g/mol. The summed E-state index contributed by atoms with van der Waals surface area (Å²) in [5, 5.41) is 9.77. The van der Waals surface area contributed by atoms with Crippen molar-refractivity contribution in [2.75, 3.05) is 7.11 Å². The topological polar surface area (TPSA) is 58.1 Å². The van der Waals surface area contributed by atoms with E-state index in [0.717, 1.165) is 22.6 Å². The lowest BCUT2D eigenvalue weighted by Crippen LogP contribution is -1.90. The molecule has 2 aromatic rings. The lowest BCUT2D eigenvalue weighted by atomic mass is 10.1. The van der Waals surface area contributed by atoms with E-state index in [-0.39, 0.29) is 11.8 Å². The summed E-state index contributed by atoms with van der Waals surface area (Å²) in [5.41, 5.74) is 2.74. The highest BCUT2D eigenvalue weighted by molar-refractivity contribution is 5.60. The average molecular weight is 246 g/mol. The van der Waals surface area contributed by atoms with Gasteiger partial charge >= 0.3 is 0 Å². The van der Waals surface area contributed by atoms with E-state index in [1.54, 1.807) is 7.11 Å². The van der Waals surface area contributed by atoms with Crippen LogP contribution in [0.3, 0.4) is 0 Å². The number of hydrogen-bond donors (Lipinski definition) is 2. The van der Waals surface area contributed by atoms with Crippen molar-refractivity contribution in [2.24, 2.45) is 0 Å². The third-order valence-corrected chi connectivity index (χ3v) is 2.96. The Hall–Kier alpha value is -1.97. The van der Waals surface area contributed by atoms with Gasteiger partial charge in [0.25, 0.3) is 0 Å². The van der Waals surface area contributed by atoms with Crippen molar-refractivity contribution >= 4 is 0 Å². The Kier molecular flexibility index (Phi) is 3.28. The first-order valence-corrected chi connectivity index (χ1v) is 5.96. The minimum atomic E-state index is 0.0773. The second-order valence-corrected chi connectivity index (χ2v) is 4.66. The monoisotopic (exact) mass is 246 g/mol. The first-order valence-electron chi connectivity index (χ1n) is 5.96. The molecule has 4 heteroatoms. The normalized spacial score (nSPS) is 10.9. The molecule has 0 spiro atoms. The number of aromatic amines is 1. The van der Waals surface area contributed by atoms with E-state index < -0.39 is 0 Å². The summed E-state index contributed by atoms with van der Waals surface area (Å²) in [6, 6.07) is 5.81. The fraction of sp³-hybridized carbons (Fsp3) is 0.357. The van der Waals surface area contributed by atoms with Gasteiger partial charge in [-0.15, -0.1) is 0 Å². The van der Waals surface area contributed by atoms with Gasteiger partial charge in [0.2, 0.25) is 5.88 Å². The van der Waals surface area contributed by atoms with Crippen LogP contribution in [0, 0.1) is 6.92 Å². The summed E-state index contributed by atoms with van der Waals surface area (Å²) in [4.78, 5) is 7.32. The van der Waals surface area contributed by atoms with Gasteiger partial charge in [-0.05, 0) is 36.6 Å². The Morgan fingerprint density at radius 1 is 1.33 bits per heavy atom. The van der Waals surface area contributed by atoms with E-state index in [1.165, 1.54) is 0 Å². The number of aromatic hydroxyl groups is 1. The minimum Gasteiger partial charge on any atom is -0.496 e. The highest BCUT2D eigenvalue weighted by Crippen LogP contribution is 2.29. The second-order valence-electron chi connectivity index (χ2n) is 4.66. The van der Waals surface area contributed by atoms with Gasteiger partial charge < -0.3 is 14.8 Å². The summed E-state index contributed by atoms with van der Waals surface area (Å²) < 4.78 is 5.22. The number of ether oxygens (including phenoxy) is 1. The van der Waals surface area contributed by atoms with E-state index in [0.29, 0.717) is 5.82 Å².